The Hall–Kier alpha value is -1.62. The van der Waals surface area contributed by atoms with Gasteiger partial charge in [-0.25, -0.2) is 0 Å². The highest BCUT2D eigenvalue weighted by atomic mass is 35.5. The van der Waals surface area contributed by atoms with Crippen molar-refractivity contribution in [1.29, 1.82) is 0 Å². The van der Waals surface area contributed by atoms with Gasteiger partial charge in [0.05, 0.1) is 15.7 Å². The first-order valence-electron chi connectivity index (χ1n) is 8.90. The molecule has 1 aromatic carbocycles. The summed E-state index contributed by atoms with van der Waals surface area (Å²) in [5.74, 6) is 0.608. The second-order valence-electron chi connectivity index (χ2n) is 6.77. The van der Waals surface area contributed by atoms with Crippen LogP contribution in [0.1, 0.15) is 34.6 Å². The van der Waals surface area contributed by atoms with E-state index in [-0.39, 0.29) is 5.91 Å². The largest absolute Gasteiger partial charge is 0.339 e. The van der Waals surface area contributed by atoms with Crippen molar-refractivity contribution in [3.8, 4) is 0 Å². The fourth-order valence-corrected chi connectivity index (χ4v) is 3.55. The molecule has 0 radical (unpaired) electrons. The topological polar surface area (TPSA) is 45.2 Å². The van der Waals surface area contributed by atoms with Crippen LogP contribution in [0.15, 0.2) is 36.4 Å². The summed E-state index contributed by atoms with van der Waals surface area (Å²) in [7, 11) is 0. The van der Waals surface area contributed by atoms with Crippen LogP contribution in [0.2, 0.25) is 10.0 Å². The maximum Gasteiger partial charge on any atom is 0.253 e. The molecular formula is C20H23Cl2N3O. The zero-order chi connectivity index (χ0) is 18.5. The number of likely N-dealkylation sites (tertiary alicyclic amines) is 1. The van der Waals surface area contributed by atoms with E-state index in [2.05, 4.69) is 10.3 Å². The van der Waals surface area contributed by atoms with Crippen LogP contribution < -0.4 is 5.32 Å². The van der Waals surface area contributed by atoms with E-state index in [1.165, 1.54) is 0 Å². The van der Waals surface area contributed by atoms with E-state index in [1.54, 1.807) is 18.2 Å². The standard InChI is InChI=1S/C20H23Cl2N3O/c1-14-3-2-4-17(24-14)13-23-12-15-7-9-25(10-8-15)20(26)16-5-6-18(21)19(22)11-16/h2-6,11,15,23H,7-10,12-13H2,1H3. The molecule has 0 bridgehead atoms. The average Bonchev–Trinajstić information content (AvgIpc) is 2.64. The lowest BCUT2D eigenvalue weighted by molar-refractivity contribution is 0.0690. The van der Waals surface area contributed by atoms with Crippen molar-refractivity contribution in [2.45, 2.75) is 26.3 Å². The lowest BCUT2D eigenvalue weighted by Crippen LogP contribution is -2.40. The zero-order valence-corrected chi connectivity index (χ0v) is 16.4. The third-order valence-electron chi connectivity index (χ3n) is 4.75. The predicted molar refractivity (Wildman–Crippen MR) is 106 cm³/mol. The number of aromatic nitrogens is 1. The minimum Gasteiger partial charge on any atom is -0.339 e. The normalized spacial score (nSPS) is 15.3. The van der Waals surface area contributed by atoms with Gasteiger partial charge in [-0.3, -0.25) is 9.78 Å². The van der Waals surface area contributed by atoms with Gasteiger partial charge in [0.1, 0.15) is 0 Å². The van der Waals surface area contributed by atoms with Gasteiger partial charge in [-0.05, 0) is 62.6 Å². The first-order chi connectivity index (χ1) is 12.5. The second-order valence-corrected chi connectivity index (χ2v) is 7.58. The molecule has 0 atom stereocenters. The Morgan fingerprint density at radius 1 is 1.19 bits per heavy atom. The third-order valence-corrected chi connectivity index (χ3v) is 5.49. The summed E-state index contributed by atoms with van der Waals surface area (Å²) in [5.41, 5.74) is 2.71. The molecule has 0 aliphatic carbocycles. The Kier molecular flexibility index (Phi) is 6.52. The highest BCUT2D eigenvalue weighted by molar-refractivity contribution is 6.42. The van der Waals surface area contributed by atoms with E-state index in [9.17, 15) is 4.79 Å². The molecule has 1 fully saturated rings. The van der Waals surface area contributed by atoms with Crippen molar-refractivity contribution in [3.63, 3.8) is 0 Å². The van der Waals surface area contributed by atoms with Crippen LogP contribution in [-0.2, 0) is 6.54 Å². The highest BCUT2D eigenvalue weighted by Gasteiger charge is 2.23. The van der Waals surface area contributed by atoms with Gasteiger partial charge in [0.15, 0.2) is 0 Å². The molecular weight excluding hydrogens is 369 g/mol. The van der Waals surface area contributed by atoms with Crippen molar-refractivity contribution < 1.29 is 4.79 Å². The Bertz CT molecular complexity index is 773. The van der Waals surface area contributed by atoms with Gasteiger partial charge in [-0.1, -0.05) is 29.3 Å². The van der Waals surface area contributed by atoms with Gasteiger partial charge in [-0.2, -0.15) is 0 Å². The van der Waals surface area contributed by atoms with Gasteiger partial charge in [0, 0.05) is 30.9 Å². The van der Waals surface area contributed by atoms with Gasteiger partial charge < -0.3 is 10.2 Å². The number of nitrogens with one attached hydrogen (secondary N) is 1. The van der Waals surface area contributed by atoms with E-state index in [0.717, 1.165) is 50.4 Å². The number of amides is 1. The minimum absolute atomic E-state index is 0.0268. The van der Waals surface area contributed by atoms with Crippen molar-refractivity contribution in [2.24, 2.45) is 5.92 Å². The molecule has 26 heavy (non-hydrogen) atoms. The third kappa shape index (κ3) is 4.97. The molecule has 0 saturated carbocycles. The van der Waals surface area contributed by atoms with Crippen LogP contribution in [0.5, 0.6) is 0 Å². The van der Waals surface area contributed by atoms with Crippen LogP contribution in [-0.4, -0.2) is 35.4 Å². The second kappa shape index (κ2) is 8.85. The number of hydrogen-bond donors (Lipinski definition) is 1. The van der Waals surface area contributed by atoms with E-state index in [1.807, 2.05) is 30.0 Å². The molecule has 1 N–H and O–H groups in total. The van der Waals surface area contributed by atoms with Crippen molar-refractivity contribution in [1.82, 2.24) is 15.2 Å². The molecule has 2 heterocycles. The number of carbonyl (C=O) groups excluding carboxylic acids is 1. The number of halogens is 2. The monoisotopic (exact) mass is 391 g/mol. The Morgan fingerprint density at radius 3 is 2.65 bits per heavy atom. The molecule has 1 aliphatic heterocycles. The molecule has 1 aliphatic rings. The Labute approximate surface area is 164 Å². The van der Waals surface area contributed by atoms with Crippen LogP contribution in [0.25, 0.3) is 0 Å². The first-order valence-corrected chi connectivity index (χ1v) is 9.66. The highest BCUT2D eigenvalue weighted by Crippen LogP contribution is 2.24. The van der Waals surface area contributed by atoms with Gasteiger partial charge >= 0.3 is 0 Å². The van der Waals surface area contributed by atoms with Gasteiger partial charge in [0.2, 0.25) is 0 Å². The zero-order valence-electron chi connectivity index (χ0n) is 14.8. The maximum absolute atomic E-state index is 12.6. The molecule has 1 saturated heterocycles. The lowest BCUT2D eigenvalue weighted by atomic mass is 9.96. The van der Waals surface area contributed by atoms with Crippen LogP contribution in [0.4, 0.5) is 0 Å². The maximum atomic E-state index is 12.6. The summed E-state index contributed by atoms with van der Waals surface area (Å²) in [6, 6.07) is 11.1. The number of piperidine rings is 1. The molecule has 4 nitrogen and oxygen atoms in total. The Balaban J connectivity index is 1.45. The van der Waals surface area contributed by atoms with Crippen LogP contribution in [0, 0.1) is 12.8 Å². The molecule has 6 heteroatoms. The first kappa shape index (κ1) is 19.2. The summed E-state index contributed by atoms with van der Waals surface area (Å²) in [6.45, 7) is 5.28. The lowest BCUT2D eigenvalue weighted by Gasteiger charge is -2.32. The number of pyridine rings is 1. The molecule has 1 amide bonds. The number of aryl methyl sites for hydroxylation is 1. The van der Waals surface area contributed by atoms with Crippen molar-refractivity contribution >= 4 is 29.1 Å². The van der Waals surface area contributed by atoms with E-state index in [4.69, 9.17) is 23.2 Å². The number of benzene rings is 1. The quantitative estimate of drug-likeness (QED) is 0.824. The van der Waals surface area contributed by atoms with E-state index >= 15 is 0 Å². The summed E-state index contributed by atoms with van der Waals surface area (Å²) < 4.78 is 0. The minimum atomic E-state index is 0.0268. The average molecular weight is 392 g/mol. The summed E-state index contributed by atoms with van der Waals surface area (Å²) >= 11 is 11.9. The number of carbonyl (C=O) groups is 1. The molecule has 138 valence electrons. The van der Waals surface area contributed by atoms with Gasteiger partial charge in [-0.15, -0.1) is 0 Å². The fourth-order valence-electron chi connectivity index (χ4n) is 3.25. The molecule has 0 spiro atoms. The summed E-state index contributed by atoms with van der Waals surface area (Å²) in [6.07, 6.45) is 2.00. The predicted octanol–water partition coefficient (Wildman–Crippen LogP) is 4.34. The van der Waals surface area contributed by atoms with Crippen LogP contribution in [0.3, 0.4) is 0 Å². The fraction of sp³-hybridized carbons (Fsp3) is 0.400. The number of hydrogen-bond acceptors (Lipinski definition) is 3. The molecule has 1 aromatic heterocycles. The molecule has 0 unspecified atom stereocenters. The van der Waals surface area contributed by atoms with E-state index < -0.39 is 0 Å². The molecule has 3 rings (SSSR count). The summed E-state index contributed by atoms with van der Waals surface area (Å²) in [5, 5.41) is 4.38. The summed E-state index contributed by atoms with van der Waals surface area (Å²) in [4.78, 5) is 19.0. The van der Waals surface area contributed by atoms with Crippen molar-refractivity contribution in [3.05, 3.63) is 63.4 Å². The molecule has 2 aromatic rings. The Morgan fingerprint density at radius 2 is 1.96 bits per heavy atom. The van der Waals surface area contributed by atoms with Crippen molar-refractivity contribution in [2.75, 3.05) is 19.6 Å². The number of nitrogens with zero attached hydrogens (tertiary/aromatic N) is 2. The SMILES string of the molecule is Cc1cccc(CNCC2CCN(C(=O)c3ccc(Cl)c(Cl)c3)CC2)n1. The smallest absolute Gasteiger partial charge is 0.253 e. The van der Waals surface area contributed by atoms with Gasteiger partial charge in [0.25, 0.3) is 5.91 Å². The van der Waals surface area contributed by atoms with Crippen LogP contribution >= 0.6 is 23.2 Å². The number of rotatable bonds is 5. The van der Waals surface area contributed by atoms with E-state index in [0.29, 0.717) is 21.5 Å².